The molecule has 2 N–H and O–H groups in total. The zero-order chi connectivity index (χ0) is 14.3. The number of hydrogen-bond acceptors (Lipinski definition) is 3. The normalized spacial score (nSPS) is 12.8. The zero-order valence-electron chi connectivity index (χ0n) is 12.2. The number of aryl methyl sites for hydroxylation is 3. The number of anilines is 1. The molecule has 5 nitrogen and oxygen atoms in total. The van der Waals surface area contributed by atoms with Gasteiger partial charge in [-0.1, -0.05) is 12.1 Å². The highest BCUT2D eigenvalue weighted by atomic mass is 15.2. The van der Waals surface area contributed by atoms with Gasteiger partial charge in [-0.3, -0.25) is 5.10 Å². The summed E-state index contributed by atoms with van der Waals surface area (Å²) in [5.41, 5.74) is 5.27. The summed E-state index contributed by atoms with van der Waals surface area (Å²) in [6, 6.07) is 8.30. The fraction of sp³-hybridized carbons (Fsp3) is 0.333. The Morgan fingerprint density at radius 3 is 2.65 bits per heavy atom. The van der Waals surface area contributed by atoms with Crippen molar-refractivity contribution in [2.45, 2.75) is 26.8 Å². The van der Waals surface area contributed by atoms with Crippen LogP contribution in [0.4, 0.5) is 5.69 Å². The second kappa shape index (κ2) is 4.67. The average molecular weight is 269 g/mol. The SMILES string of the molecule is Cc1n[nH]c(C)c1NC(C)c1nc2ccccc2n1C. The minimum Gasteiger partial charge on any atom is -0.372 e. The van der Waals surface area contributed by atoms with E-state index in [4.69, 9.17) is 4.98 Å². The molecule has 1 atom stereocenters. The molecule has 3 aromatic rings. The molecule has 1 unspecified atom stereocenters. The third-order valence-electron chi connectivity index (χ3n) is 3.70. The molecule has 0 radical (unpaired) electrons. The minimum absolute atomic E-state index is 0.113. The lowest BCUT2D eigenvalue weighted by Crippen LogP contribution is -2.12. The summed E-state index contributed by atoms with van der Waals surface area (Å²) in [5.74, 6) is 1.02. The maximum absolute atomic E-state index is 4.72. The van der Waals surface area contributed by atoms with E-state index < -0.39 is 0 Å². The van der Waals surface area contributed by atoms with Gasteiger partial charge in [0.25, 0.3) is 0 Å². The third-order valence-corrected chi connectivity index (χ3v) is 3.70. The number of nitrogens with zero attached hydrogens (tertiary/aromatic N) is 3. The van der Waals surface area contributed by atoms with Gasteiger partial charge in [-0.05, 0) is 32.9 Å². The average Bonchev–Trinajstić information content (AvgIpc) is 2.94. The Hall–Kier alpha value is -2.30. The number of aromatic nitrogens is 4. The molecule has 5 heteroatoms. The molecular weight excluding hydrogens is 250 g/mol. The highest BCUT2D eigenvalue weighted by Crippen LogP contribution is 2.25. The van der Waals surface area contributed by atoms with E-state index in [1.165, 1.54) is 0 Å². The Labute approximate surface area is 118 Å². The molecule has 2 heterocycles. The molecule has 0 bridgehead atoms. The van der Waals surface area contributed by atoms with E-state index in [0.29, 0.717) is 0 Å². The highest BCUT2D eigenvalue weighted by Gasteiger charge is 2.16. The first-order valence-electron chi connectivity index (χ1n) is 6.77. The standard InChI is InChI=1S/C15H19N5/c1-9-14(10(2)19-18-9)16-11(3)15-17-12-7-5-6-8-13(12)20(15)4/h5-8,11,16H,1-4H3,(H,18,19). The molecule has 0 saturated heterocycles. The predicted molar refractivity (Wildman–Crippen MR) is 80.8 cm³/mol. The van der Waals surface area contributed by atoms with Crippen LogP contribution >= 0.6 is 0 Å². The maximum atomic E-state index is 4.72. The van der Waals surface area contributed by atoms with E-state index in [1.54, 1.807) is 0 Å². The molecule has 3 rings (SSSR count). The van der Waals surface area contributed by atoms with E-state index in [1.807, 2.05) is 32.0 Å². The second-order valence-corrected chi connectivity index (χ2v) is 5.19. The van der Waals surface area contributed by atoms with Gasteiger partial charge >= 0.3 is 0 Å². The van der Waals surface area contributed by atoms with Crippen LogP contribution in [0.15, 0.2) is 24.3 Å². The van der Waals surface area contributed by atoms with E-state index >= 15 is 0 Å². The van der Waals surface area contributed by atoms with Crippen molar-refractivity contribution < 1.29 is 0 Å². The highest BCUT2D eigenvalue weighted by molar-refractivity contribution is 5.76. The summed E-state index contributed by atoms with van der Waals surface area (Å²) in [5, 5.41) is 10.7. The van der Waals surface area contributed by atoms with Gasteiger partial charge in [0.15, 0.2) is 0 Å². The Morgan fingerprint density at radius 2 is 2.00 bits per heavy atom. The minimum atomic E-state index is 0.113. The molecule has 0 saturated carbocycles. The molecule has 0 fully saturated rings. The van der Waals surface area contributed by atoms with E-state index in [2.05, 4.69) is 40.1 Å². The summed E-state index contributed by atoms with van der Waals surface area (Å²) in [6.07, 6.45) is 0. The van der Waals surface area contributed by atoms with Gasteiger partial charge in [-0.25, -0.2) is 4.98 Å². The van der Waals surface area contributed by atoms with Crippen LogP contribution in [0.3, 0.4) is 0 Å². The molecule has 1 aromatic carbocycles. The number of rotatable bonds is 3. The number of nitrogens with one attached hydrogen (secondary N) is 2. The van der Waals surface area contributed by atoms with Crippen molar-refractivity contribution in [3.8, 4) is 0 Å². The van der Waals surface area contributed by atoms with Crippen molar-refractivity contribution in [2.75, 3.05) is 5.32 Å². The number of para-hydroxylation sites is 2. The first-order chi connectivity index (χ1) is 9.58. The summed E-state index contributed by atoms with van der Waals surface area (Å²) < 4.78 is 2.14. The van der Waals surface area contributed by atoms with E-state index in [9.17, 15) is 0 Å². The smallest absolute Gasteiger partial charge is 0.131 e. The summed E-state index contributed by atoms with van der Waals surface area (Å²) in [4.78, 5) is 4.72. The van der Waals surface area contributed by atoms with Crippen LogP contribution in [0.1, 0.15) is 30.2 Å². The molecule has 0 amide bonds. The largest absolute Gasteiger partial charge is 0.372 e. The Bertz CT molecular complexity index is 733. The molecule has 2 aromatic heterocycles. The van der Waals surface area contributed by atoms with Gasteiger partial charge in [-0.2, -0.15) is 5.10 Å². The Kier molecular flexibility index (Phi) is 2.97. The van der Waals surface area contributed by atoms with Crippen molar-refractivity contribution in [1.29, 1.82) is 0 Å². The lowest BCUT2D eigenvalue weighted by atomic mass is 10.2. The van der Waals surface area contributed by atoms with Crippen molar-refractivity contribution in [3.05, 3.63) is 41.5 Å². The first kappa shape index (κ1) is 12.7. The molecule has 0 spiro atoms. The Morgan fingerprint density at radius 1 is 1.25 bits per heavy atom. The number of H-pyrrole nitrogens is 1. The van der Waals surface area contributed by atoms with Crippen molar-refractivity contribution in [3.63, 3.8) is 0 Å². The van der Waals surface area contributed by atoms with Gasteiger partial charge in [0.05, 0.1) is 34.2 Å². The number of benzene rings is 1. The fourth-order valence-electron chi connectivity index (χ4n) is 2.60. The van der Waals surface area contributed by atoms with Gasteiger partial charge in [0.2, 0.25) is 0 Å². The van der Waals surface area contributed by atoms with Crippen molar-refractivity contribution in [1.82, 2.24) is 19.7 Å². The van der Waals surface area contributed by atoms with E-state index in [0.717, 1.165) is 33.9 Å². The first-order valence-corrected chi connectivity index (χ1v) is 6.77. The molecule has 0 aliphatic heterocycles. The summed E-state index contributed by atoms with van der Waals surface area (Å²) in [7, 11) is 2.05. The van der Waals surface area contributed by atoms with Crippen molar-refractivity contribution >= 4 is 16.7 Å². The second-order valence-electron chi connectivity index (χ2n) is 5.19. The van der Waals surface area contributed by atoms with Crippen molar-refractivity contribution in [2.24, 2.45) is 7.05 Å². The number of aromatic amines is 1. The lowest BCUT2D eigenvalue weighted by molar-refractivity contribution is 0.732. The third kappa shape index (κ3) is 1.95. The fourth-order valence-corrected chi connectivity index (χ4v) is 2.60. The molecule has 20 heavy (non-hydrogen) atoms. The van der Waals surface area contributed by atoms with Crippen LogP contribution < -0.4 is 5.32 Å². The lowest BCUT2D eigenvalue weighted by Gasteiger charge is -2.15. The summed E-state index contributed by atoms with van der Waals surface area (Å²) >= 11 is 0. The number of hydrogen-bond donors (Lipinski definition) is 2. The molecule has 104 valence electrons. The predicted octanol–water partition coefficient (Wildman–Crippen LogP) is 3.09. The van der Waals surface area contributed by atoms with Crippen LogP contribution in [0, 0.1) is 13.8 Å². The monoisotopic (exact) mass is 269 g/mol. The Balaban J connectivity index is 1.97. The van der Waals surface area contributed by atoms with Crippen LogP contribution in [0.25, 0.3) is 11.0 Å². The van der Waals surface area contributed by atoms with Crippen LogP contribution in [-0.4, -0.2) is 19.7 Å². The van der Waals surface area contributed by atoms with Crippen LogP contribution in [0.2, 0.25) is 0 Å². The van der Waals surface area contributed by atoms with Gasteiger partial charge in [0, 0.05) is 7.05 Å². The molecule has 0 aliphatic carbocycles. The quantitative estimate of drug-likeness (QED) is 0.768. The van der Waals surface area contributed by atoms with Gasteiger partial charge in [-0.15, -0.1) is 0 Å². The van der Waals surface area contributed by atoms with Gasteiger partial charge in [0.1, 0.15) is 5.82 Å². The number of imidazole rings is 1. The maximum Gasteiger partial charge on any atom is 0.131 e. The summed E-state index contributed by atoms with van der Waals surface area (Å²) in [6.45, 7) is 6.13. The molecular formula is C15H19N5. The topological polar surface area (TPSA) is 58.5 Å². The zero-order valence-corrected chi connectivity index (χ0v) is 12.2. The number of fused-ring (bicyclic) bond motifs is 1. The van der Waals surface area contributed by atoms with Crippen LogP contribution in [-0.2, 0) is 7.05 Å². The van der Waals surface area contributed by atoms with Gasteiger partial charge < -0.3 is 9.88 Å². The van der Waals surface area contributed by atoms with E-state index in [-0.39, 0.29) is 6.04 Å². The molecule has 0 aliphatic rings. The van der Waals surface area contributed by atoms with Crippen LogP contribution in [0.5, 0.6) is 0 Å².